The molecule has 27 heavy (non-hydrogen) atoms. The van der Waals surface area contributed by atoms with Crippen molar-refractivity contribution in [2.24, 2.45) is 0 Å². The number of benzene rings is 2. The van der Waals surface area contributed by atoms with E-state index in [1.807, 2.05) is 54.0 Å². The molecule has 0 atom stereocenters. The molecule has 0 aliphatic carbocycles. The molecule has 0 N–H and O–H groups in total. The number of ketones is 1. The quantitative estimate of drug-likeness (QED) is 0.419. The van der Waals surface area contributed by atoms with E-state index in [1.54, 1.807) is 6.33 Å². The predicted molar refractivity (Wildman–Crippen MR) is 111 cm³/mol. The van der Waals surface area contributed by atoms with E-state index < -0.39 is 0 Å². The van der Waals surface area contributed by atoms with E-state index in [-0.39, 0.29) is 11.2 Å². The van der Waals surface area contributed by atoms with Crippen molar-refractivity contribution < 1.29 is 4.79 Å². The fourth-order valence-corrected chi connectivity index (χ4v) is 3.60. The fourth-order valence-electron chi connectivity index (χ4n) is 2.60. The molecular formula is C21H22ClN3OS. The van der Waals surface area contributed by atoms with Crippen molar-refractivity contribution in [3.05, 3.63) is 70.5 Å². The zero-order valence-electron chi connectivity index (χ0n) is 15.9. The Hall–Kier alpha value is -2.11. The third-order valence-corrected chi connectivity index (χ3v) is 5.71. The maximum absolute atomic E-state index is 12.5. The molecule has 0 saturated carbocycles. The molecule has 1 heterocycles. The standard InChI is InChI=1S/C21H22ClN3OS/c1-14-5-10-17(11-18(14)22)25-13-23-24-20(25)27-12-19(26)15-6-8-16(9-7-15)21(2,3)4/h5-11,13H,12H2,1-4H3. The van der Waals surface area contributed by atoms with Gasteiger partial charge >= 0.3 is 0 Å². The van der Waals surface area contributed by atoms with E-state index >= 15 is 0 Å². The summed E-state index contributed by atoms with van der Waals surface area (Å²) in [4.78, 5) is 12.5. The van der Waals surface area contributed by atoms with E-state index in [0.717, 1.165) is 11.3 Å². The van der Waals surface area contributed by atoms with Gasteiger partial charge in [0.2, 0.25) is 0 Å². The first-order valence-corrected chi connectivity index (χ1v) is 10.0. The molecule has 3 aromatic rings. The molecular weight excluding hydrogens is 378 g/mol. The van der Waals surface area contributed by atoms with Crippen LogP contribution in [0.5, 0.6) is 0 Å². The van der Waals surface area contributed by atoms with Crippen LogP contribution in [0.3, 0.4) is 0 Å². The molecule has 1 aromatic heterocycles. The third kappa shape index (κ3) is 4.60. The molecule has 2 aromatic carbocycles. The number of carbonyl (C=O) groups is 1. The molecule has 0 saturated heterocycles. The first-order valence-electron chi connectivity index (χ1n) is 8.69. The molecule has 4 nitrogen and oxygen atoms in total. The van der Waals surface area contributed by atoms with Crippen LogP contribution < -0.4 is 0 Å². The first kappa shape index (κ1) is 19.6. The number of rotatable bonds is 5. The number of nitrogens with zero attached hydrogens (tertiary/aromatic N) is 3. The molecule has 6 heteroatoms. The van der Waals surface area contributed by atoms with Crippen LogP contribution in [0, 0.1) is 6.92 Å². The van der Waals surface area contributed by atoms with Gasteiger partial charge in [-0.15, -0.1) is 10.2 Å². The lowest BCUT2D eigenvalue weighted by Crippen LogP contribution is -2.11. The van der Waals surface area contributed by atoms with Crippen LogP contribution >= 0.6 is 23.4 Å². The van der Waals surface area contributed by atoms with E-state index in [9.17, 15) is 4.79 Å². The maximum Gasteiger partial charge on any atom is 0.196 e. The van der Waals surface area contributed by atoms with Crippen LogP contribution in [-0.2, 0) is 5.41 Å². The lowest BCUT2D eigenvalue weighted by atomic mass is 9.86. The second-order valence-corrected chi connectivity index (χ2v) is 8.81. The van der Waals surface area contributed by atoms with Gasteiger partial charge in [0.1, 0.15) is 6.33 Å². The Morgan fingerprint density at radius 2 is 1.85 bits per heavy atom. The number of carbonyl (C=O) groups excluding carboxylic acids is 1. The Morgan fingerprint density at radius 1 is 1.15 bits per heavy atom. The Balaban J connectivity index is 1.71. The van der Waals surface area contributed by atoms with Gasteiger partial charge in [0, 0.05) is 10.6 Å². The number of aryl methyl sites for hydroxylation is 1. The minimum Gasteiger partial charge on any atom is -0.293 e. The van der Waals surface area contributed by atoms with Crippen molar-refractivity contribution in [3.63, 3.8) is 0 Å². The van der Waals surface area contributed by atoms with Gasteiger partial charge < -0.3 is 0 Å². The minimum atomic E-state index is 0.0666. The zero-order valence-corrected chi connectivity index (χ0v) is 17.4. The molecule has 0 aliphatic rings. The number of hydrogen-bond donors (Lipinski definition) is 0. The summed E-state index contributed by atoms with van der Waals surface area (Å²) in [6.45, 7) is 8.43. The van der Waals surface area contributed by atoms with E-state index in [2.05, 4.69) is 31.0 Å². The summed E-state index contributed by atoms with van der Waals surface area (Å²) < 4.78 is 1.84. The molecule has 0 unspecified atom stereocenters. The van der Waals surface area contributed by atoms with Gasteiger partial charge in [-0.25, -0.2) is 0 Å². The second-order valence-electron chi connectivity index (χ2n) is 7.46. The number of Topliss-reactive ketones (excluding diaryl/α,β-unsaturated/α-hetero) is 1. The SMILES string of the molecule is Cc1ccc(-n2cnnc2SCC(=O)c2ccc(C(C)(C)C)cc2)cc1Cl. The fraction of sp³-hybridized carbons (Fsp3) is 0.286. The van der Waals surface area contributed by atoms with Gasteiger partial charge in [-0.3, -0.25) is 9.36 Å². The summed E-state index contributed by atoms with van der Waals surface area (Å²) in [5, 5.41) is 9.46. The van der Waals surface area contributed by atoms with Gasteiger partial charge in [-0.1, -0.05) is 74.5 Å². The molecule has 3 rings (SSSR count). The average molecular weight is 400 g/mol. The molecule has 0 bridgehead atoms. The Labute approximate surface area is 169 Å². The van der Waals surface area contributed by atoms with Crippen molar-refractivity contribution in [2.45, 2.75) is 38.3 Å². The van der Waals surface area contributed by atoms with Crippen LogP contribution in [0.1, 0.15) is 42.3 Å². The number of hydrogen-bond acceptors (Lipinski definition) is 4. The lowest BCUT2D eigenvalue weighted by molar-refractivity contribution is 0.102. The van der Waals surface area contributed by atoms with Crippen molar-refractivity contribution in [1.82, 2.24) is 14.8 Å². The average Bonchev–Trinajstić information content (AvgIpc) is 3.10. The summed E-state index contributed by atoms with van der Waals surface area (Å²) in [5.41, 5.74) is 3.88. The monoisotopic (exact) mass is 399 g/mol. The topological polar surface area (TPSA) is 47.8 Å². The highest BCUT2D eigenvalue weighted by molar-refractivity contribution is 7.99. The molecule has 0 radical (unpaired) electrons. The molecule has 0 spiro atoms. The zero-order chi connectivity index (χ0) is 19.6. The molecule has 140 valence electrons. The van der Waals surface area contributed by atoms with Gasteiger partial charge in [-0.2, -0.15) is 0 Å². The van der Waals surface area contributed by atoms with Crippen LogP contribution in [0.15, 0.2) is 53.9 Å². The summed E-state index contributed by atoms with van der Waals surface area (Å²) in [7, 11) is 0. The summed E-state index contributed by atoms with van der Waals surface area (Å²) in [5.74, 6) is 0.365. The minimum absolute atomic E-state index is 0.0666. The highest BCUT2D eigenvalue weighted by Crippen LogP contribution is 2.25. The Morgan fingerprint density at radius 3 is 2.48 bits per heavy atom. The van der Waals surface area contributed by atoms with E-state index in [4.69, 9.17) is 11.6 Å². The largest absolute Gasteiger partial charge is 0.293 e. The van der Waals surface area contributed by atoms with Crippen molar-refractivity contribution >= 4 is 29.1 Å². The molecule has 0 amide bonds. The van der Waals surface area contributed by atoms with Crippen molar-refractivity contribution in [1.29, 1.82) is 0 Å². The summed E-state index contributed by atoms with van der Waals surface area (Å²) >= 11 is 7.59. The van der Waals surface area contributed by atoms with Crippen molar-refractivity contribution in [2.75, 3.05) is 5.75 Å². The third-order valence-electron chi connectivity index (χ3n) is 4.36. The maximum atomic E-state index is 12.5. The predicted octanol–water partition coefficient (Wildman–Crippen LogP) is 5.50. The number of halogens is 1. The molecule has 0 aliphatic heterocycles. The van der Waals surface area contributed by atoms with Gasteiger partial charge in [0.15, 0.2) is 10.9 Å². The Bertz CT molecular complexity index is 958. The number of thioether (sulfide) groups is 1. The highest BCUT2D eigenvalue weighted by atomic mass is 35.5. The van der Waals surface area contributed by atoms with Crippen LogP contribution in [0.2, 0.25) is 5.02 Å². The lowest BCUT2D eigenvalue weighted by Gasteiger charge is -2.18. The van der Waals surface area contributed by atoms with Gasteiger partial charge in [0.05, 0.1) is 11.4 Å². The van der Waals surface area contributed by atoms with Gasteiger partial charge in [-0.05, 0) is 35.6 Å². The smallest absolute Gasteiger partial charge is 0.196 e. The summed E-state index contributed by atoms with van der Waals surface area (Å²) in [6.07, 6.45) is 1.63. The van der Waals surface area contributed by atoms with Crippen LogP contribution in [0.4, 0.5) is 0 Å². The number of aromatic nitrogens is 3. The van der Waals surface area contributed by atoms with Crippen LogP contribution in [-0.4, -0.2) is 26.3 Å². The second kappa shape index (κ2) is 7.87. The Kier molecular flexibility index (Phi) is 5.72. The van der Waals surface area contributed by atoms with E-state index in [0.29, 0.717) is 21.5 Å². The van der Waals surface area contributed by atoms with E-state index in [1.165, 1.54) is 17.3 Å². The van der Waals surface area contributed by atoms with Crippen molar-refractivity contribution in [3.8, 4) is 5.69 Å². The molecule has 0 fully saturated rings. The van der Waals surface area contributed by atoms with Gasteiger partial charge in [0.25, 0.3) is 0 Å². The summed E-state index contributed by atoms with van der Waals surface area (Å²) in [6, 6.07) is 13.6. The highest BCUT2D eigenvalue weighted by Gasteiger charge is 2.15. The first-order chi connectivity index (χ1) is 12.8. The normalized spacial score (nSPS) is 11.6. The van der Waals surface area contributed by atoms with Crippen LogP contribution in [0.25, 0.3) is 5.69 Å².